The first-order valence-electron chi connectivity index (χ1n) is 12.1. The van der Waals surface area contributed by atoms with Crippen LogP contribution in [0.25, 0.3) is 11.1 Å². The van der Waals surface area contributed by atoms with Gasteiger partial charge in [-0.25, -0.2) is 4.79 Å². The summed E-state index contributed by atoms with van der Waals surface area (Å²) in [6, 6.07) is 15.7. The van der Waals surface area contributed by atoms with Gasteiger partial charge in [0.15, 0.2) is 0 Å². The second-order valence-electron chi connectivity index (χ2n) is 9.10. The van der Waals surface area contributed by atoms with E-state index in [1.807, 2.05) is 24.3 Å². The SMILES string of the molecule is Cl.O=C(O)N[C@@H](C(=O)N1CCNCC1)C1CCN(CCc2cc(Cl)ccc2-c2ccccc2)CC1. The van der Waals surface area contributed by atoms with Crippen molar-refractivity contribution in [3.05, 3.63) is 59.1 Å². The number of carbonyl (C=O) groups excluding carboxylic acids is 1. The van der Waals surface area contributed by atoms with E-state index in [4.69, 9.17) is 11.6 Å². The predicted octanol–water partition coefficient (Wildman–Crippen LogP) is 3.75. The molecule has 0 radical (unpaired) electrons. The van der Waals surface area contributed by atoms with Gasteiger partial charge in [0.05, 0.1) is 0 Å². The van der Waals surface area contributed by atoms with Gasteiger partial charge in [-0.3, -0.25) is 4.79 Å². The van der Waals surface area contributed by atoms with Crippen LogP contribution in [-0.4, -0.2) is 78.8 Å². The van der Waals surface area contributed by atoms with Crippen LogP contribution in [0.2, 0.25) is 5.02 Å². The molecule has 0 aliphatic carbocycles. The van der Waals surface area contributed by atoms with Crippen molar-refractivity contribution in [2.45, 2.75) is 25.3 Å². The van der Waals surface area contributed by atoms with Crippen molar-refractivity contribution in [1.29, 1.82) is 0 Å². The van der Waals surface area contributed by atoms with Gasteiger partial charge in [-0.2, -0.15) is 0 Å². The zero-order chi connectivity index (χ0) is 23.9. The summed E-state index contributed by atoms with van der Waals surface area (Å²) in [5, 5.41) is 15.8. The normalized spacial score (nSPS) is 17.9. The molecule has 2 aliphatic rings. The van der Waals surface area contributed by atoms with E-state index >= 15 is 0 Å². The van der Waals surface area contributed by atoms with Gasteiger partial charge in [0.25, 0.3) is 0 Å². The average molecular weight is 521 g/mol. The molecular formula is C26H34Cl2N4O3. The summed E-state index contributed by atoms with van der Waals surface area (Å²) in [6.07, 6.45) is 1.34. The summed E-state index contributed by atoms with van der Waals surface area (Å²) in [5.41, 5.74) is 3.61. The molecule has 190 valence electrons. The first-order valence-corrected chi connectivity index (χ1v) is 12.4. The minimum absolute atomic E-state index is 0. The molecule has 7 nitrogen and oxygen atoms in total. The molecule has 2 heterocycles. The first kappa shape index (κ1) is 27.3. The van der Waals surface area contributed by atoms with Crippen LogP contribution < -0.4 is 10.6 Å². The van der Waals surface area contributed by atoms with E-state index in [0.29, 0.717) is 13.1 Å². The van der Waals surface area contributed by atoms with Crippen molar-refractivity contribution in [3.63, 3.8) is 0 Å². The maximum Gasteiger partial charge on any atom is 0.405 e. The van der Waals surface area contributed by atoms with Crippen LogP contribution in [0.15, 0.2) is 48.5 Å². The lowest BCUT2D eigenvalue weighted by Crippen LogP contribution is -2.57. The highest BCUT2D eigenvalue weighted by Crippen LogP contribution is 2.28. The third kappa shape index (κ3) is 7.34. The lowest BCUT2D eigenvalue weighted by Gasteiger charge is -2.38. The highest BCUT2D eigenvalue weighted by molar-refractivity contribution is 6.30. The highest BCUT2D eigenvalue weighted by atomic mass is 35.5. The number of piperidine rings is 1. The third-order valence-corrected chi connectivity index (χ3v) is 7.16. The topological polar surface area (TPSA) is 84.9 Å². The van der Waals surface area contributed by atoms with E-state index in [1.54, 1.807) is 4.90 Å². The summed E-state index contributed by atoms with van der Waals surface area (Å²) in [4.78, 5) is 28.7. The van der Waals surface area contributed by atoms with E-state index in [0.717, 1.165) is 57.0 Å². The molecule has 2 fully saturated rings. The van der Waals surface area contributed by atoms with Crippen molar-refractivity contribution < 1.29 is 14.7 Å². The average Bonchev–Trinajstić information content (AvgIpc) is 2.87. The maximum absolute atomic E-state index is 13.1. The van der Waals surface area contributed by atoms with Gasteiger partial charge in [-0.05, 0) is 67.1 Å². The van der Waals surface area contributed by atoms with Gasteiger partial charge in [0, 0.05) is 37.7 Å². The molecule has 0 bridgehead atoms. The van der Waals surface area contributed by atoms with Gasteiger partial charge in [0.1, 0.15) is 6.04 Å². The fourth-order valence-electron chi connectivity index (χ4n) is 5.05. The van der Waals surface area contributed by atoms with Crippen LogP contribution in [0, 0.1) is 5.92 Å². The Morgan fingerprint density at radius 1 is 1.06 bits per heavy atom. The van der Waals surface area contributed by atoms with Crippen LogP contribution in [0.4, 0.5) is 4.79 Å². The van der Waals surface area contributed by atoms with Gasteiger partial charge >= 0.3 is 6.09 Å². The smallest absolute Gasteiger partial charge is 0.405 e. The second kappa shape index (κ2) is 13.1. The fourth-order valence-corrected chi connectivity index (χ4v) is 5.25. The number of halogens is 2. The molecule has 3 N–H and O–H groups in total. The molecule has 2 saturated heterocycles. The number of rotatable bonds is 7. The molecule has 0 spiro atoms. The molecule has 2 aromatic carbocycles. The highest BCUT2D eigenvalue weighted by Gasteiger charge is 2.35. The molecule has 9 heteroatoms. The minimum Gasteiger partial charge on any atom is -0.465 e. The number of nitrogens with one attached hydrogen (secondary N) is 2. The Kier molecular flexibility index (Phi) is 10.2. The van der Waals surface area contributed by atoms with Gasteiger partial charge in [-0.15, -0.1) is 12.4 Å². The minimum atomic E-state index is -1.13. The van der Waals surface area contributed by atoms with Crippen LogP contribution in [-0.2, 0) is 11.2 Å². The maximum atomic E-state index is 13.1. The number of hydrogen-bond donors (Lipinski definition) is 3. The monoisotopic (exact) mass is 520 g/mol. The zero-order valence-corrected chi connectivity index (χ0v) is 21.4. The molecule has 1 atom stereocenters. The van der Waals surface area contributed by atoms with Gasteiger partial charge < -0.3 is 25.5 Å². The summed E-state index contributed by atoms with van der Waals surface area (Å²) in [6.45, 7) is 5.33. The number of piperazine rings is 1. The Balaban J connectivity index is 0.00000342. The standard InChI is InChI=1S/C26H33ClN4O3.ClH/c27-22-6-7-23(19-4-2-1-3-5-19)21(18-22)10-15-30-13-8-20(9-14-30)24(29-26(33)34)25(32)31-16-11-28-12-17-31;/h1-7,18,20,24,28-29H,8-17H2,(H,33,34);1H/t24-;/m1./s1. The molecule has 2 amide bonds. The molecule has 0 unspecified atom stereocenters. The number of likely N-dealkylation sites (tertiary alicyclic amines) is 1. The van der Waals surface area contributed by atoms with Crippen molar-refractivity contribution in [1.82, 2.24) is 20.4 Å². The van der Waals surface area contributed by atoms with Crippen molar-refractivity contribution in [2.24, 2.45) is 5.92 Å². The second-order valence-corrected chi connectivity index (χ2v) is 9.54. The molecule has 2 aliphatic heterocycles. The van der Waals surface area contributed by atoms with Crippen LogP contribution >= 0.6 is 24.0 Å². The Labute approximate surface area is 218 Å². The lowest BCUT2D eigenvalue weighted by atomic mass is 9.88. The zero-order valence-electron chi connectivity index (χ0n) is 19.8. The number of amides is 2. The van der Waals surface area contributed by atoms with Crippen LogP contribution in [0.3, 0.4) is 0 Å². The number of hydrogen-bond acceptors (Lipinski definition) is 4. The number of carboxylic acid groups (broad SMARTS) is 1. The molecule has 0 aromatic heterocycles. The Morgan fingerprint density at radius 3 is 2.40 bits per heavy atom. The van der Waals surface area contributed by atoms with Crippen molar-refractivity contribution >= 4 is 36.0 Å². The molecule has 0 saturated carbocycles. The fraction of sp³-hybridized carbons (Fsp3) is 0.462. The Bertz CT molecular complexity index is 978. The van der Waals surface area contributed by atoms with Crippen molar-refractivity contribution in [2.75, 3.05) is 45.8 Å². The summed E-state index contributed by atoms with van der Waals surface area (Å²) < 4.78 is 0. The third-order valence-electron chi connectivity index (χ3n) is 6.93. The van der Waals surface area contributed by atoms with E-state index in [1.165, 1.54) is 16.7 Å². The molecule has 4 rings (SSSR count). The van der Waals surface area contributed by atoms with Gasteiger partial charge in [0.2, 0.25) is 5.91 Å². The van der Waals surface area contributed by atoms with E-state index in [2.05, 4.69) is 39.8 Å². The summed E-state index contributed by atoms with van der Waals surface area (Å²) in [7, 11) is 0. The first-order chi connectivity index (χ1) is 16.5. The number of nitrogens with zero attached hydrogens (tertiary/aromatic N) is 2. The van der Waals surface area contributed by atoms with Crippen LogP contribution in [0.1, 0.15) is 18.4 Å². The summed E-state index contributed by atoms with van der Waals surface area (Å²) >= 11 is 6.31. The van der Waals surface area contributed by atoms with E-state index in [-0.39, 0.29) is 24.2 Å². The van der Waals surface area contributed by atoms with Crippen LogP contribution in [0.5, 0.6) is 0 Å². The summed E-state index contributed by atoms with van der Waals surface area (Å²) in [5.74, 6) is -0.0745. The number of carbonyl (C=O) groups is 2. The molecule has 2 aromatic rings. The van der Waals surface area contributed by atoms with Crippen molar-refractivity contribution in [3.8, 4) is 11.1 Å². The van der Waals surface area contributed by atoms with E-state index < -0.39 is 12.1 Å². The predicted molar refractivity (Wildman–Crippen MR) is 141 cm³/mol. The quantitative estimate of drug-likeness (QED) is 0.517. The Hall–Kier alpha value is -2.32. The van der Waals surface area contributed by atoms with E-state index in [9.17, 15) is 14.7 Å². The van der Waals surface area contributed by atoms with Gasteiger partial charge in [-0.1, -0.05) is 48.0 Å². The lowest BCUT2D eigenvalue weighted by molar-refractivity contribution is -0.135. The molecule has 35 heavy (non-hydrogen) atoms. The largest absolute Gasteiger partial charge is 0.465 e. The Morgan fingerprint density at radius 2 is 1.74 bits per heavy atom. The molecular weight excluding hydrogens is 487 g/mol. The number of benzene rings is 2.